The summed E-state index contributed by atoms with van der Waals surface area (Å²) in [5.41, 5.74) is 1.76. The number of carbonyl (C=O) groups is 3. The van der Waals surface area contributed by atoms with Crippen molar-refractivity contribution in [3.05, 3.63) is 59.2 Å². The fraction of sp³-hybridized carbons (Fsp3) is 0.190. The average Bonchev–Trinajstić information content (AvgIpc) is 2.71. The molecule has 1 saturated heterocycles. The van der Waals surface area contributed by atoms with Gasteiger partial charge in [0.05, 0.1) is 19.9 Å². The third kappa shape index (κ3) is 3.59. The van der Waals surface area contributed by atoms with E-state index in [1.807, 2.05) is 19.1 Å². The van der Waals surface area contributed by atoms with Crippen LogP contribution in [0.3, 0.4) is 0 Å². The van der Waals surface area contributed by atoms with Crippen LogP contribution in [0.4, 0.5) is 10.5 Å². The number of barbiturate groups is 1. The second-order valence-electron chi connectivity index (χ2n) is 6.09. The summed E-state index contributed by atoms with van der Waals surface area (Å²) in [6, 6.07) is 11.3. The molecule has 144 valence electrons. The molecule has 4 amide bonds. The first-order valence-corrected chi connectivity index (χ1v) is 8.71. The van der Waals surface area contributed by atoms with Crippen LogP contribution in [0.15, 0.2) is 48.0 Å². The maximum Gasteiger partial charge on any atom is 0.335 e. The van der Waals surface area contributed by atoms with Crippen molar-refractivity contribution in [2.45, 2.75) is 13.3 Å². The molecule has 1 N–H and O–H groups in total. The zero-order valence-electron chi connectivity index (χ0n) is 15.8. The number of methoxy groups -OCH3 is 2. The molecule has 7 heteroatoms. The highest BCUT2D eigenvalue weighted by molar-refractivity contribution is 6.39. The van der Waals surface area contributed by atoms with E-state index in [1.165, 1.54) is 20.3 Å². The van der Waals surface area contributed by atoms with E-state index in [9.17, 15) is 14.4 Å². The van der Waals surface area contributed by atoms with Crippen molar-refractivity contribution in [2.75, 3.05) is 19.1 Å². The highest BCUT2D eigenvalue weighted by Gasteiger charge is 2.37. The minimum absolute atomic E-state index is 0.175. The van der Waals surface area contributed by atoms with Gasteiger partial charge in [-0.3, -0.25) is 14.9 Å². The third-order valence-corrected chi connectivity index (χ3v) is 4.44. The van der Waals surface area contributed by atoms with Crippen LogP contribution in [0.1, 0.15) is 18.1 Å². The van der Waals surface area contributed by atoms with E-state index in [0.29, 0.717) is 22.7 Å². The Morgan fingerprint density at radius 3 is 2.32 bits per heavy atom. The van der Waals surface area contributed by atoms with Crippen molar-refractivity contribution >= 4 is 29.6 Å². The number of aryl methyl sites for hydroxylation is 1. The molecule has 1 heterocycles. The number of nitrogens with one attached hydrogen (secondary N) is 1. The number of hydrogen-bond acceptors (Lipinski definition) is 5. The molecule has 28 heavy (non-hydrogen) atoms. The monoisotopic (exact) mass is 380 g/mol. The van der Waals surface area contributed by atoms with Crippen LogP contribution in [0, 0.1) is 0 Å². The zero-order chi connectivity index (χ0) is 20.3. The van der Waals surface area contributed by atoms with Gasteiger partial charge in [-0.1, -0.05) is 19.1 Å². The second kappa shape index (κ2) is 7.96. The van der Waals surface area contributed by atoms with Gasteiger partial charge in [0.25, 0.3) is 11.8 Å². The molecule has 0 bridgehead atoms. The van der Waals surface area contributed by atoms with Crippen molar-refractivity contribution in [3.8, 4) is 11.5 Å². The van der Waals surface area contributed by atoms with E-state index >= 15 is 0 Å². The van der Waals surface area contributed by atoms with Gasteiger partial charge in [0, 0.05) is 5.56 Å². The number of urea groups is 1. The Labute approximate surface area is 162 Å². The lowest BCUT2D eigenvalue weighted by atomic mass is 10.1. The Morgan fingerprint density at radius 2 is 1.71 bits per heavy atom. The van der Waals surface area contributed by atoms with Crippen molar-refractivity contribution in [1.29, 1.82) is 0 Å². The largest absolute Gasteiger partial charge is 0.497 e. The predicted octanol–water partition coefficient (Wildman–Crippen LogP) is 2.93. The topological polar surface area (TPSA) is 84.9 Å². The number of carbonyl (C=O) groups excluding carboxylic acids is 3. The zero-order valence-corrected chi connectivity index (χ0v) is 15.8. The van der Waals surface area contributed by atoms with Crippen LogP contribution in [0.5, 0.6) is 11.5 Å². The van der Waals surface area contributed by atoms with E-state index < -0.39 is 17.8 Å². The summed E-state index contributed by atoms with van der Waals surface area (Å²) in [7, 11) is 3.00. The number of anilines is 1. The van der Waals surface area contributed by atoms with Gasteiger partial charge >= 0.3 is 6.03 Å². The van der Waals surface area contributed by atoms with Crippen molar-refractivity contribution in [1.82, 2.24) is 5.32 Å². The minimum Gasteiger partial charge on any atom is -0.497 e. The van der Waals surface area contributed by atoms with Gasteiger partial charge in [-0.05, 0) is 48.4 Å². The van der Waals surface area contributed by atoms with Gasteiger partial charge in [0.1, 0.15) is 17.1 Å². The molecule has 1 fully saturated rings. The molecule has 1 aliphatic heterocycles. The molecule has 0 aromatic heterocycles. The molecule has 1 aliphatic rings. The first-order valence-electron chi connectivity index (χ1n) is 8.71. The van der Waals surface area contributed by atoms with Gasteiger partial charge in [-0.25, -0.2) is 9.69 Å². The standard InChI is InChI=1S/C21H20N2O5/c1-4-13-5-7-15(8-6-13)23-20(25)17(19(24)22-21(23)26)12-14-11-16(27-2)9-10-18(14)28-3/h5-12H,4H2,1-3H3,(H,22,24,26)/b17-12-. The van der Waals surface area contributed by atoms with Gasteiger partial charge in [-0.2, -0.15) is 0 Å². The highest BCUT2D eigenvalue weighted by Crippen LogP contribution is 2.28. The number of nitrogens with zero attached hydrogens (tertiary/aromatic N) is 1. The highest BCUT2D eigenvalue weighted by atomic mass is 16.5. The normalized spacial score (nSPS) is 15.6. The Morgan fingerprint density at radius 1 is 1.00 bits per heavy atom. The molecule has 0 unspecified atom stereocenters. The van der Waals surface area contributed by atoms with Crippen molar-refractivity contribution < 1.29 is 23.9 Å². The van der Waals surface area contributed by atoms with Crippen LogP contribution < -0.4 is 19.7 Å². The molecule has 0 saturated carbocycles. The summed E-state index contributed by atoms with van der Waals surface area (Å²) in [4.78, 5) is 38.5. The lowest BCUT2D eigenvalue weighted by Crippen LogP contribution is -2.54. The molecule has 3 rings (SSSR count). The number of hydrogen-bond donors (Lipinski definition) is 1. The third-order valence-electron chi connectivity index (χ3n) is 4.44. The minimum atomic E-state index is -0.783. The van der Waals surface area contributed by atoms with Crippen molar-refractivity contribution in [3.63, 3.8) is 0 Å². The number of benzene rings is 2. The first-order chi connectivity index (χ1) is 13.5. The smallest absolute Gasteiger partial charge is 0.335 e. The van der Waals surface area contributed by atoms with Crippen LogP contribution in [-0.2, 0) is 16.0 Å². The van der Waals surface area contributed by atoms with E-state index in [-0.39, 0.29) is 5.57 Å². The maximum atomic E-state index is 13.0. The SMILES string of the molecule is CCc1ccc(N2C(=O)NC(=O)/C(=C/c3cc(OC)ccc3OC)C2=O)cc1. The molecule has 0 aliphatic carbocycles. The number of ether oxygens (including phenoxy) is 2. The number of rotatable bonds is 5. The second-order valence-corrected chi connectivity index (χ2v) is 6.09. The van der Waals surface area contributed by atoms with Gasteiger partial charge < -0.3 is 9.47 Å². The Bertz CT molecular complexity index is 963. The van der Waals surface area contributed by atoms with Gasteiger partial charge in [-0.15, -0.1) is 0 Å². The Hall–Kier alpha value is -3.61. The van der Waals surface area contributed by atoms with E-state index in [0.717, 1.165) is 16.9 Å². The van der Waals surface area contributed by atoms with Crippen LogP contribution in [-0.4, -0.2) is 32.1 Å². The fourth-order valence-electron chi connectivity index (χ4n) is 2.88. The summed E-state index contributed by atoms with van der Waals surface area (Å²) >= 11 is 0. The molecule has 0 atom stereocenters. The maximum absolute atomic E-state index is 13.0. The summed E-state index contributed by atoms with van der Waals surface area (Å²) in [5, 5.41) is 2.21. The molecule has 0 spiro atoms. The summed E-state index contributed by atoms with van der Waals surface area (Å²) in [6.45, 7) is 2.01. The summed E-state index contributed by atoms with van der Waals surface area (Å²) in [6.07, 6.45) is 2.22. The average molecular weight is 380 g/mol. The van der Waals surface area contributed by atoms with Crippen LogP contribution in [0.25, 0.3) is 6.08 Å². The number of imide groups is 2. The molecular weight excluding hydrogens is 360 g/mol. The van der Waals surface area contributed by atoms with Crippen molar-refractivity contribution in [2.24, 2.45) is 0 Å². The molecule has 0 radical (unpaired) electrons. The van der Waals surface area contributed by atoms with E-state index in [2.05, 4.69) is 5.32 Å². The van der Waals surface area contributed by atoms with E-state index in [1.54, 1.807) is 30.3 Å². The summed E-state index contributed by atoms with van der Waals surface area (Å²) in [5.74, 6) is -0.465. The lowest BCUT2D eigenvalue weighted by Gasteiger charge is -2.26. The van der Waals surface area contributed by atoms with Crippen LogP contribution >= 0.6 is 0 Å². The fourth-order valence-corrected chi connectivity index (χ4v) is 2.88. The summed E-state index contributed by atoms with van der Waals surface area (Å²) < 4.78 is 10.5. The Kier molecular flexibility index (Phi) is 5.44. The lowest BCUT2D eigenvalue weighted by molar-refractivity contribution is -0.122. The molecule has 2 aromatic rings. The van der Waals surface area contributed by atoms with E-state index in [4.69, 9.17) is 9.47 Å². The number of amides is 4. The van der Waals surface area contributed by atoms with Gasteiger partial charge in [0.15, 0.2) is 0 Å². The first kappa shape index (κ1) is 19.2. The molecule has 2 aromatic carbocycles. The Balaban J connectivity index is 2.03. The quantitative estimate of drug-likeness (QED) is 0.637. The predicted molar refractivity (Wildman–Crippen MR) is 104 cm³/mol. The van der Waals surface area contributed by atoms with Crippen LogP contribution in [0.2, 0.25) is 0 Å². The molecular formula is C21H20N2O5. The molecule has 7 nitrogen and oxygen atoms in total. The van der Waals surface area contributed by atoms with Gasteiger partial charge in [0.2, 0.25) is 0 Å².